The Bertz CT molecular complexity index is 417. The number of carbonyl (C=O) groups is 1. The lowest BCUT2D eigenvalue weighted by atomic mass is 10.3. The van der Waals surface area contributed by atoms with Crippen LogP contribution in [0.1, 0.15) is 0 Å². The third kappa shape index (κ3) is 5.73. The summed E-state index contributed by atoms with van der Waals surface area (Å²) >= 11 is 0. The molecule has 1 aromatic rings. The normalized spacial score (nSPS) is 10.8. The molecule has 2 amide bonds. The van der Waals surface area contributed by atoms with E-state index >= 15 is 0 Å². The molecular formula is C12H20N6O. The van der Waals surface area contributed by atoms with Gasteiger partial charge in [0.15, 0.2) is 0 Å². The molecule has 104 valence electrons. The van der Waals surface area contributed by atoms with Crippen molar-refractivity contribution in [3.05, 3.63) is 30.3 Å². The molecule has 0 aromatic heterocycles. The van der Waals surface area contributed by atoms with Gasteiger partial charge in [0.05, 0.1) is 6.54 Å². The number of rotatable bonds is 4. The van der Waals surface area contributed by atoms with Crippen LogP contribution >= 0.6 is 0 Å². The Morgan fingerprint density at radius 3 is 2.58 bits per heavy atom. The highest BCUT2D eigenvalue weighted by molar-refractivity contribution is 5.93. The van der Waals surface area contributed by atoms with E-state index in [0.29, 0.717) is 19.0 Å². The number of aliphatic imine (C=N–C) groups is 1. The van der Waals surface area contributed by atoms with Gasteiger partial charge in [-0.3, -0.25) is 10.4 Å². The zero-order chi connectivity index (χ0) is 14.1. The predicted octanol–water partition coefficient (Wildman–Crippen LogP) is 0.189. The maximum Gasteiger partial charge on any atom is 0.316 e. The van der Waals surface area contributed by atoms with Gasteiger partial charge < -0.3 is 15.5 Å². The summed E-state index contributed by atoms with van der Waals surface area (Å²) in [6.45, 7) is 0.873. The van der Waals surface area contributed by atoms with Gasteiger partial charge in [0.1, 0.15) is 0 Å². The van der Waals surface area contributed by atoms with E-state index < -0.39 is 0 Å². The number of hydrogen-bond acceptors (Lipinski definition) is 3. The van der Waals surface area contributed by atoms with Crippen molar-refractivity contribution in [1.29, 1.82) is 0 Å². The number of carbonyl (C=O) groups excluding carboxylic acids is 1. The summed E-state index contributed by atoms with van der Waals surface area (Å²) in [6.07, 6.45) is 0. The Morgan fingerprint density at radius 1 is 1.32 bits per heavy atom. The van der Waals surface area contributed by atoms with E-state index in [4.69, 9.17) is 5.84 Å². The molecule has 0 atom stereocenters. The van der Waals surface area contributed by atoms with Crippen LogP contribution in [0.4, 0.5) is 10.5 Å². The Labute approximate surface area is 112 Å². The highest BCUT2D eigenvalue weighted by Crippen LogP contribution is 2.03. The minimum absolute atomic E-state index is 0.145. The van der Waals surface area contributed by atoms with Crippen LogP contribution in [0.15, 0.2) is 35.3 Å². The van der Waals surface area contributed by atoms with E-state index in [-0.39, 0.29) is 6.03 Å². The van der Waals surface area contributed by atoms with Gasteiger partial charge in [-0.05, 0) is 12.1 Å². The molecule has 0 aliphatic carbocycles. The number of hydrazine groups is 1. The topological polar surface area (TPSA) is 94.8 Å². The zero-order valence-corrected chi connectivity index (χ0v) is 11.2. The van der Waals surface area contributed by atoms with Gasteiger partial charge in [0, 0.05) is 26.3 Å². The fraction of sp³-hybridized carbons (Fsp3) is 0.333. The summed E-state index contributed by atoms with van der Waals surface area (Å²) in [7, 11) is 3.37. The molecule has 7 nitrogen and oxygen atoms in total. The summed E-state index contributed by atoms with van der Waals surface area (Å²) in [5.41, 5.74) is 3.36. The molecule has 5 N–H and O–H groups in total. The minimum Gasteiger partial charge on any atom is -0.336 e. The van der Waals surface area contributed by atoms with E-state index in [0.717, 1.165) is 5.69 Å². The number of anilines is 1. The number of nitrogens with one attached hydrogen (secondary N) is 3. The van der Waals surface area contributed by atoms with Crippen molar-refractivity contribution in [3.8, 4) is 0 Å². The molecule has 0 bridgehead atoms. The third-order valence-electron chi connectivity index (χ3n) is 2.24. The van der Waals surface area contributed by atoms with E-state index in [1.165, 1.54) is 4.90 Å². The molecule has 0 unspecified atom stereocenters. The largest absolute Gasteiger partial charge is 0.336 e. The molecule has 0 saturated heterocycles. The fourth-order valence-corrected chi connectivity index (χ4v) is 1.27. The fourth-order valence-electron chi connectivity index (χ4n) is 1.27. The average molecular weight is 264 g/mol. The number of amides is 2. The second-order valence-electron chi connectivity index (χ2n) is 3.99. The second-order valence-corrected chi connectivity index (χ2v) is 3.99. The van der Waals surface area contributed by atoms with Gasteiger partial charge in [-0.2, -0.15) is 0 Å². The Kier molecular flexibility index (Phi) is 6.17. The number of benzene rings is 1. The van der Waals surface area contributed by atoms with Crippen LogP contribution < -0.4 is 21.9 Å². The molecule has 0 radical (unpaired) electrons. The molecule has 0 saturated carbocycles. The lowest BCUT2D eigenvalue weighted by Crippen LogP contribution is -2.38. The van der Waals surface area contributed by atoms with Crippen LogP contribution in [0.25, 0.3) is 0 Å². The minimum atomic E-state index is -0.145. The number of urea groups is 1. The standard InChI is InChI=1S/C12H20N6O/c1-18(2)12(19)15-9-8-14-11(17-13)16-10-6-4-3-5-7-10/h3-7H,8-9,13H2,1-2H3,(H,15,19)(H2,14,16,17). The summed E-state index contributed by atoms with van der Waals surface area (Å²) in [6, 6.07) is 9.41. The van der Waals surface area contributed by atoms with Crippen LogP contribution in [0.2, 0.25) is 0 Å². The van der Waals surface area contributed by atoms with Crippen molar-refractivity contribution in [1.82, 2.24) is 15.6 Å². The Morgan fingerprint density at radius 2 is 2.00 bits per heavy atom. The van der Waals surface area contributed by atoms with Gasteiger partial charge in [0.25, 0.3) is 0 Å². The lowest BCUT2D eigenvalue weighted by Gasteiger charge is -2.12. The highest BCUT2D eigenvalue weighted by Gasteiger charge is 2.01. The molecule has 0 spiro atoms. The molecular weight excluding hydrogens is 244 g/mol. The second kappa shape index (κ2) is 7.93. The summed E-state index contributed by atoms with van der Waals surface area (Å²) < 4.78 is 0. The van der Waals surface area contributed by atoms with Crippen LogP contribution in [-0.4, -0.2) is 44.1 Å². The first-order chi connectivity index (χ1) is 9.13. The number of nitrogens with zero attached hydrogens (tertiary/aromatic N) is 2. The molecule has 7 heteroatoms. The van der Waals surface area contributed by atoms with Crippen molar-refractivity contribution in [2.75, 3.05) is 32.5 Å². The van der Waals surface area contributed by atoms with E-state index in [2.05, 4.69) is 21.1 Å². The van der Waals surface area contributed by atoms with Crippen molar-refractivity contribution < 1.29 is 4.79 Å². The van der Waals surface area contributed by atoms with E-state index in [9.17, 15) is 4.79 Å². The van der Waals surface area contributed by atoms with Crippen molar-refractivity contribution in [2.45, 2.75) is 0 Å². The first-order valence-corrected chi connectivity index (χ1v) is 5.91. The maximum atomic E-state index is 11.3. The lowest BCUT2D eigenvalue weighted by molar-refractivity contribution is 0.218. The molecule has 0 aliphatic rings. The van der Waals surface area contributed by atoms with Crippen molar-refractivity contribution >= 4 is 17.7 Å². The van der Waals surface area contributed by atoms with Gasteiger partial charge in [0.2, 0.25) is 5.96 Å². The van der Waals surface area contributed by atoms with Crippen molar-refractivity contribution in [2.24, 2.45) is 10.8 Å². The van der Waals surface area contributed by atoms with Crippen LogP contribution in [-0.2, 0) is 0 Å². The average Bonchev–Trinajstić information content (AvgIpc) is 2.42. The monoisotopic (exact) mass is 264 g/mol. The smallest absolute Gasteiger partial charge is 0.316 e. The van der Waals surface area contributed by atoms with E-state index in [1.54, 1.807) is 14.1 Å². The molecule has 0 heterocycles. The van der Waals surface area contributed by atoms with Gasteiger partial charge in [-0.15, -0.1) is 0 Å². The molecule has 0 aliphatic heterocycles. The zero-order valence-electron chi connectivity index (χ0n) is 11.2. The molecule has 1 aromatic carbocycles. The Balaban J connectivity index is 2.38. The number of para-hydroxylation sites is 1. The van der Waals surface area contributed by atoms with Crippen molar-refractivity contribution in [3.63, 3.8) is 0 Å². The van der Waals surface area contributed by atoms with E-state index in [1.807, 2.05) is 30.3 Å². The maximum absolute atomic E-state index is 11.3. The Hall–Kier alpha value is -2.28. The summed E-state index contributed by atoms with van der Waals surface area (Å²) in [5.74, 6) is 5.82. The first-order valence-electron chi connectivity index (χ1n) is 5.91. The molecule has 0 fully saturated rings. The molecule has 19 heavy (non-hydrogen) atoms. The quantitative estimate of drug-likeness (QED) is 0.205. The van der Waals surface area contributed by atoms with Crippen LogP contribution in [0, 0.1) is 0 Å². The number of hydrogen-bond donors (Lipinski definition) is 4. The predicted molar refractivity (Wildman–Crippen MR) is 76.8 cm³/mol. The summed E-state index contributed by atoms with van der Waals surface area (Å²) in [4.78, 5) is 16.9. The van der Waals surface area contributed by atoms with Crippen LogP contribution in [0.3, 0.4) is 0 Å². The summed E-state index contributed by atoms with van der Waals surface area (Å²) in [5, 5.41) is 5.74. The first kappa shape index (κ1) is 14.8. The van der Waals surface area contributed by atoms with Gasteiger partial charge in [-0.25, -0.2) is 10.6 Å². The SMILES string of the molecule is CN(C)C(=O)NCCN=C(NN)Nc1ccccc1. The molecule has 1 rings (SSSR count). The van der Waals surface area contributed by atoms with Crippen LogP contribution in [0.5, 0.6) is 0 Å². The number of guanidine groups is 1. The highest BCUT2D eigenvalue weighted by atomic mass is 16.2. The van der Waals surface area contributed by atoms with Gasteiger partial charge >= 0.3 is 6.03 Å². The van der Waals surface area contributed by atoms with Gasteiger partial charge in [-0.1, -0.05) is 18.2 Å². The number of nitrogens with two attached hydrogens (primary N) is 1. The third-order valence-corrected chi connectivity index (χ3v) is 2.24.